The third-order valence-electron chi connectivity index (χ3n) is 3.99. The van der Waals surface area contributed by atoms with Gasteiger partial charge in [0.1, 0.15) is 5.75 Å². The Labute approximate surface area is 159 Å². The summed E-state index contributed by atoms with van der Waals surface area (Å²) in [6.45, 7) is 10.6. The number of rotatable bonds is 8. The summed E-state index contributed by atoms with van der Waals surface area (Å²) in [5.74, 6) is 0.903. The van der Waals surface area contributed by atoms with Gasteiger partial charge in [0.2, 0.25) is 11.1 Å². The number of thioether (sulfide) groups is 1. The molecule has 0 saturated heterocycles. The maximum absolute atomic E-state index is 12.8. The molecule has 2 aromatic rings. The number of tetrazole rings is 1. The Bertz CT molecular complexity index is 707. The summed E-state index contributed by atoms with van der Waals surface area (Å²) in [6.07, 6.45) is 0. The van der Waals surface area contributed by atoms with Crippen LogP contribution >= 0.6 is 11.8 Å². The zero-order valence-electron chi connectivity index (χ0n) is 16.2. The third kappa shape index (κ3) is 4.97. The molecule has 8 heteroatoms. The summed E-state index contributed by atoms with van der Waals surface area (Å²) in [7, 11) is 1.64. The number of hydrogen-bond donors (Lipinski definition) is 0. The van der Waals surface area contributed by atoms with Crippen molar-refractivity contribution < 1.29 is 9.53 Å². The third-order valence-corrected chi connectivity index (χ3v) is 5.05. The van der Waals surface area contributed by atoms with E-state index in [-0.39, 0.29) is 23.2 Å². The van der Waals surface area contributed by atoms with E-state index < -0.39 is 0 Å². The van der Waals surface area contributed by atoms with Crippen LogP contribution in [0.1, 0.15) is 40.2 Å². The minimum atomic E-state index is -0.264. The van der Waals surface area contributed by atoms with Gasteiger partial charge in [-0.1, -0.05) is 23.9 Å². The first kappa shape index (κ1) is 20.2. The van der Waals surface area contributed by atoms with E-state index in [2.05, 4.69) is 15.5 Å². The molecular weight excluding hydrogens is 350 g/mol. The molecule has 0 spiro atoms. The Morgan fingerprint density at radius 1 is 1.15 bits per heavy atom. The highest BCUT2D eigenvalue weighted by molar-refractivity contribution is 8.00. The Morgan fingerprint density at radius 2 is 1.77 bits per heavy atom. The molecule has 2 rings (SSSR count). The van der Waals surface area contributed by atoms with Gasteiger partial charge in [-0.15, -0.1) is 5.10 Å². The Balaban J connectivity index is 2.08. The number of methoxy groups -OCH3 is 1. The van der Waals surface area contributed by atoms with E-state index in [0.717, 1.165) is 11.3 Å². The molecule has 0 fully saturated rings. The maximum atomic E-state index is 12.8. The van der Waals surface area contributed by atoms with E-state index in [1.165, 1.54) is 11.8 Å². The topological polar surface area (TPSA) is 73.1 Å². The van der Waals surface area contributed by atoms with Crippen LogP contribution in [-0.4, -0.2) is 55.5 Å². The van der Waals surface area contributed by atoms with Crippen molar-refractivity contribution in [3.8, 4) is 5.75 Å². The van der Waals surface area contributed by atoms with Crippen LogP contribution in [0.4, 0.5) is 0 Å². The molecule has 7 nitrogen and oxygen atoms in total. The van der Waals surface area contributed by atoms with Crippen molar-refractivity contribution in [3.05, 3.63) is 29.8 Å². The van der Waals surface area contributed by atoms with Crippen molar-refractivity contribution in [3.63, 3.8) is 0 Å². The summed E-state index contributed by atoms with van der Waals surface area (Å²) in [5, 5.41) is 12.3. The first-order valence-electron chi connectivity index (χ1n) is 8.71. The molecule has 26 heavy (non-hydrogen) atoms. The van der Waals surface area contributed by atoms with Crippen molar-refractivity contribution in [2.45, 2.75) is 63.7 Å². The lowest BCUT2D eigenvalue weighted by Crippen LogP contribution is -2.45. The van der Waals surface area contributed by atoms with E-state index in [1.807, 2.05) is 63.8 Å². The van der Waals surface area contributed by atoms with Gasteiger partial charge >= 0.3 is 0 Å². The number of ether oxygens (including phenoxy) is 1. The summed E-state index contributed by atoms with van der Waals surface area (Å²) in [4.78, 5) is 14.7. The van der Waals surface area contributed by atoms with Crippen molar-refractivity contribution >= 4 is 17.7 Å². The predicted octanol–water partition coefficient (Wildman–Crippen LogP) is 2.86. The molecule has 1 amide bonds. The molecule has 1 heterocycles. The highest BCUT2D eigenvalue weighted by Crippen LogP contribution is 2.24. The number of amides is 1. The standard InChI is InChI=1S/C18H27N5O2S/c1-12(2)23(13(3)4)17(24)14(5)26-18-19-20-21-22(18)11-15-7-9-16(25-6)10-8-15/h7-10,12-14H,11H2,1-6H3. The van der Waals surface area contributed by atoms with Crippen LogP contribution in [0, 0.1) is 0 Å². The Hall–Kier alpha value is -2.09. The maximum Gasteiger partial charge on any atom is 0.236 e. The van der Waals surface area contributed by atoms with Gasteiger partial charge in [0, 0.05) is 12.1 Å². The molecular formula is C18H27N5O2S. The van der Waals surface area contributed by atoms with Gasteiger partial charge in [-0.2, -0.15) is 0 Å². The van der Waals surface area contributed by atoms with Crippen molar-refractivity contribution in [1.82, 2.24) is 25.1 Å². The highest BCUT2D eigenvalue weighted by atomic mass is 32.2. The van der Waals surface area contributed by atoms with Crippen LogP contribution in [0.25, 0.3) is 0 Å². The number of carbonyl (C=O) groups is 1. The summed E-state index contributed by atoms with van der Waals surface area (Å²) < 4.78 is 6.89. The normalized spacial score (nSPS) is 12.5. The lowest BCUT2D eigenvalue weighted by Gasteiger charge is -2.32. The van der Waals surface area contributed by atoms with Gasteiger partial charge in [0.25, 0.3) is 0 Å². The van der Waals surface area contributed by atoms with Gasteiger partial charge < -0.3 is 9.64 Å². The van der Waals surface area contributed by atoms with Crippen LogP contribution in [-0.2, 0) is 11.3 Å². The molecule has 1 aromatic carbocycles. The molecule has 0 bridgehead atoms. The van der Waals surface area contributed by atoms with Crippen LogP contribution in [0.2, 0.25) is 0 Å². The molecule has 1 aromatic heterocycles. The van der Waals surface area contributed by atoms with Crippen molar-refractivity contribution in [1.29, 1.82) is 0 Å². The van der Waals surface area contributed by atoms with Gasteiger partial charge in [0.15, 0.2) is 0 Å². The molecule has 0 aliphatic heterocycles. The van der Waals surface area contributed by atoms with Gasteiger partial charge in [-0.05, 0) is 62.7 Å². The van der Waals surface area contributed by atoms with E-state index in [9.17, 15) is 4.79 Å². The van der Waals surface area contributed by atoms with Crippen molar-refractivity contribution in [2.75, 3.05) is 7.11 Å². The van der Waals surface area contributed by atoms with Gasteiger partial charge in [-0.3, -0.25) is 4.79 Å². The van der Waals surface area contributed by atoms with Crippen molar-refractivity contribution in [2.24, 2.45) is 0 Å². The highest BCUT2D eigenvalue weighted by Gasteiger charge is 2.27. The van der Waals surface area contributed by atoms with E-state index in [1.54, 1.807) is 11.8 Å². The summed E-state index contributed by atoms with van der Waals surface area (Å²) in [5.41, 5.74) is 1.06. The zero-order valence-corrected chi connectivity index (χ0v) is 17.0. The van der Waals surface area contributed by atoms with Gasteiger partial charge in [-0.25, -0.2) is 4.68 Å². The number of benzene rings is 1. The number of aromatic nitrogens is 4. The van der Waals surface area contributed by atoms with E-state index >= 15 is 0 Å². The number of carbonyl (C=O) groups excluding carboxylic acids is 1. The van der Waals surface area contributed by atoms with Gasteiger partial charge in [0.05, 0.1) is 18.9 Å². The second-order valence-corrected chi connectivity index (χ2v) is 7.97. The minimum absolute atomic E-state index is 0.0963. The summed E-state index contributed by atoms with van der Waals surface area (Å²) in [6, 6.07) is 8.07. The quantitative estimate of drug-likeness (QED) is 0.659. The fourth-order valence-corrected chi connectivity index (χ4v) is 3.65. The lowest BCUT2D eigenvalue weighted by atomic mass is 10.2. The monoisotopic (exact) mass is 377 g/mol. The molecule has 0 N–H and O–H groups in total. The molecule has 1 atom stereocenters. The smallest absolute Gasteiger partial charge is 0.236 e. The number of hydrogen-bond acceptors (Lipinski definition) is 6. The largest absolute Gasteiger partial charge is 0.497 e. The Kier molecular flexibility index (Phi) is 7.02. The number of nitrogens with zero attached hydrogens (tertiary/aromatic N) is 5. The molecule has 1 unspecified atom stereocenters. The average molecular weight is 378 g/mol. The Morgan fingerprint density at radius 3 is 2.31 bits per heavy atom. The van der Waals surface area contributed by atoms with Crippen LogP contribution < -0.4 is 4.74 Å². The zero-order chi connectivity index (χ0) is 19.3. The first-order valence-corrected chi connectivity index (χ1v) is 9.59. The van der Waals surface area contributed by atoms with E-state index in [4.69, 9.17) is 4.74 Å². The SMILES string of the molecule is COc1ccc(Cn2nnnc2SC(C)C(=O)N(C(C)C)C(C)C)cc1. The fraction of sp³-hybridized carbons (Fsp3) is 0.556. The fourth-order valence-electron chi connectivity index (χ4n) is 2.81. The molecule has 0 aliphatic rings. The van der Waals surface area contributed by atoms with Crippen LogP contribution in [0.5, 0.6) is 5.75 Å². The molecule has 0 saturated carbocycles. The molecule has 0 aliphatic carbocycles. The summed E-state index contributed by atoms with van der Waals surface area (Å²) >= 11 is 1.39. The van der Waals surface area contributed by atoms with Crippen LogP contribution in [0.15, 0.2) is 29.4 Å². The lowest BCUT2D eigenvalue weighted by molar-refractivity contribution is -0.133. The predicted molar refractivity (Wildman–Crippen MR) is 102 cm³/mol. The van der Waals surface area contributed by atoms with Crippen LogP contribution in [0.3, 0.4) is 0 Å². The minimum Gasteiger partial charge on any atom is -0.497 e. The average Bonchev–Trinajstić information content (AvgIpc) is 3.01. The van der Waals surface area contributed by atoms with E-state index in [0.29, 0.717) is 11.7 Å². The second kappa shape index (κ2) is 9.02. The first-order chi connectivity index (χ1) is 12.3. The molecule has 142 valence electrons. The molecule has 0 radical (unpaired) electrons. The second-order valence-electron chi connectivity index (χ2n) is 6.66.